The lowest BCUT2D eigenvalue weighted by Gasteiger charge is -2.12. The van der Waals surface area contributed by atoms with E-state index in [1.165, 1.54) is 0 Å². The number of hydrogen-bond acceptors (Lipinski definition) is 2. The standard InChI is InChI=1S/C19H14F3NO3/c20-19(21,22)12-7-5-11(6-8-12)17(24)9-14(18(25)26)15-10-23-16-4-2-1-3-13(15)16/h1-8,10,14,23H,9H2,(H,25,26). The summed E-state index contributed by atoms with van der Waals surface area (Å²) in [4.78, 5) is 27.0. The molecule has 3 rings (SSSR count). The third-order valence-electron chi connectivity index (χ3n) is 4.22. The van der Waals surface area contributed by atoms with Crippen molar-refractivity contribution in [2.75, 3.05) is 0 Å². The maximum Gasteiger partial charge on any atom is 0.416 e. The van der Waals surface area contributed by atoms with Crippen LogP contribution in [0.5, 0.6) is 0 Å². The van der Waals surface area contributed by atoms with Crippen LogP contribution in [0.15, 0.2) is 54.7 Å². The van der Waals surface area contributed by atoms with E-state index in [-0.39, 0.29) is 12.0 Å². The Labute approximate surface area is 146 Å². The van der Waals surface area contributed by atoms with Gasteiger partial charge in [0.2, 0.25) is 0 Å². The molecule has 0 aliphatic heterocycles. The molecule has 1 aromatic heterocycles. The second-order valence-corrected chi connectivity index (χ2v) is 5.88. The number of Topliss-reactive ketones (excluding diaryl/α,β-unsaturated/α-hetero) is 1. The highest BCUT2D eigenvalue weighted by Gasteiger charge is 2.31. The van der Waals surface area contributed by atoms with Crippen LogP contribution in [0.2, 0.25) is 0 Å². The Bertz CT molecular complexity index is 958. The van der Waals surface area contributed by atoms with Gasteiger partial charge in [-0.05, 0) is 23.8 Å². The maximum atomic E-state index is 12.6. The predicted octanol–water partition coefficient (Wildman–Crippen LogP) is 4.63. The number of carbonyl (C=O) groups is 2. The summed E-state index contributed by atoms with van der Waals surface area (Å²) in [6, 6.07) is 10.9. The molecule has 2 aromatic carbocycles. The van der Waals surface area contributed by atoms with Crippen molar-refractivity contribution in [1.82, 2.24) is 4.98 Å². The highest BCUT2D eigenvalue weighted by molar-refractivity contribution is 6.00. The van der Waals surface area contributed by atoms with Crippen molar-refractivity contribution in [2.45, 2.75) is 18.5 Å². The third kappa shape index (κ3) is 3.46. The number of carboxylic acids is 1. The minimum Gasteiger partial charge on any atom is -0.481 e. The molecule has 4 nitrogen and oxygen atoms in total. The van der Waals surface area contributed by atoms with E-state index in [1.807, 2.05) is 0 Å². The molecule has 1 unspecified atom stereocenters. The molecule has 134 valence electrons. The van der Waals surface area contributed by atoms with E-state index in [0.717, 1.165) is 29.8 Å². The van der Waals surface area contributed by atoms with Gasteiger partial charge in [-0.2, -0.15) is 13.2 Å². The van der Waals surface area contributed by atoms with Crippen molar-refractivity contribution >= 4 is 22.7 Å². The highest BCUT2D eigenvalue weighted by atomic mass is 19.4. The van der Waals surface area contributed by atoms with Crippen LogP contribution in [0.1, 0.15) is 33.8 Å². The number of rotatable bonds is 5. The zero-order valence-electron chi connectivity index (χ0n) is 13.4. The van der Waals surface area contributed by atoms with Crippen molar-refractivity contribution in [1.29, 1.82) is 0 Å². The summed E-state index contributed by atoms with van der Waals surface area (Å²) < 4.78 is 37.8. The van der Waals surface area contributed by atoms with Crippen molar-refractivity contribution in [3.05, 3.63) is 71.4 Å². The van der Waals surface area contributed by atoms with Crippen molar-refractivity contribution in [2.24, 2.45) is 0 Å². The first-order valence-electron chi connectivity index (χ1n) is 7.76. The Morgan fingerprint density at radius 1 is 1.04 bits per heavy atom. The topological polar surface area (TPSA) is 70.2 Å². The number of alkyl halides is 3. The van der Waals surface area contributed by atoms with Crippen LogP contribution in [0.25, 0.3) is 10.9 Å². The molecule has 3 aromatic rings. The van der Waals surface area contributed by atoms with E-state index in [0.29, 0.717) is 10.9 Å². The Balaban J connectivity index is 1.87. The fourth-order valence-corrected chi connectivity index (χ4v) is 2.86. The van der Waals surface area contributed by atoms with Crippen LogP contribution in [0.4, 0.5) is 13.2 Å². The number of carboxylic acid groups (broad SMARTS) is 1. The van der Waals surface area contributed by atoms with Crippen molar-refractivity contribution in [3.63, 3.8) is 0 Å². The lowest BCUT2D eigenvalue weighted by atomic mass is 9.91. The average molecular weight is 361 g/mol. The number of para-hydroxylation sites is 1. The van der Waals surface area contributed by atoms with Gasteiger partial charge >= 0.3 is 12.1 Å². The average Bonchev–Trinajstić information content (AvgIpc) is 3.02. The summed E-state index contributed by atoms with van der Waals surface area (Å²) in [6.45, 7) is 0. The van der Waals surface area contributed by atoms with Gasteiger partial charge in [-0.3, -0.25) is 9.59 Å². The minimum absolute atomic E-state index is 0.0455. The molecule has 0 saturated carbocycles. The number of aromatic amines is 1. The number of nitrogens with one attached hydrogen (secondary N) is 1. The molecule has 1 heterocycles. The molecule has 0 saturated heterocycles. The van der Waals surface area contributed by atoms with Crippen molar-refractivity contribution in [3.8, 4) is 0 Å². The molecule has 0 aliphatic rings. The number of ketones is 1. The minimum atomic E-state index is -4.49. The van der Waals surface area contributed by atoms with Crippen LogP contribution in [-0.4, -0.2) is 21.8 Å². The molecule has 0 fully saturated rings. The quantitative estimate of drug-likeness (QED) is 0.651. The van der Waals surface area contributed by atoms with Gasteiger partial charge in [-0.25, -0.2) is 0 Å². The molecule has 0 amide bonds. The molecular formula is C19H14F3NO3. The number of carbonyl (C=O) groups excluding carboxylic acids is 1. The van der Waals surface area contributed by atoms with Crippen LogP contribution >= 0.6 is 0 Å². The van der Waals surface area contributed by atoms with E-state index >= 15 is 0 Å². The van der Waals surface area contributed by atoms with E-state index in [1.54, 1.807) is 30.5 Å². The molecule has 7 heteroatoms. The summed E-state index contributed by atoms with van der Waals surface area (Å²) >= 11 is 0. The SMILES string of the molecule is O=C(CC(C(=O)O)c1c[nH]c2ccccc12)c1ccc(C(F)(F)F)cc1. The van der Waals surface area contributed by atoms with Gasteiger partial charge in [0.15, 0.2) is 5.78 Å². The summed E-state index contributed by atoms with van der Waals surface area (Å²) in [5, 5.41) is 10.2. The second-order valence-electron chi connectivity index (χ2n) is 5.88. The van der Waals surface area contributed by atoms with Gasteiger partial charge in [0.25, 0.3) is 0 Å². The van der Waals surface area contributed by atoms with Crippen LogP contribution < -0.4 is 0 Å². The number of fused-ring (bicyclic) bond motifs is 1. The van der Waals surface area contributed by atoms with Crippen LogP contribution in [-0.2, 0) is 11.0 Å². The largest absolute Gasteiger partial charge is 0.481 e. The van der Waals surface area contributed by atoms with Crippen LogP contribution in [0, 0.1) is 0 Å². The summed E-state index contributed by atoms with van der Waals surface area (Å²) in [6.07, 6.45) is -3.29. The van der Waals surface area contributed by atoms with E-state index in [4.69, 9.17) is 0 Å². The summed E-state index contributed by atoms with van der Waals surface area (Å²) in [5.41, 5.74) is 0.397. The smallest absolute Gasteiger partial charge is 0.416 e. The Morgan fingerprint density at radius 2 is 1.69 bits per heavy atom. The molecule has 26 heavy (non-hydrogen) atoms. The number of aliphatic carboxylic acids is 1. The molecule has 1 atom stereocenters. The fourth-order valence-electron chi connectivity index (χ4n) is 2.86. The highest BCUT2D eigenvalue weighted by Crippen LogP contribution is 2.31. The van der Waals surface area contributed by atoms with Crippen molar-refractivity contribution < 1.29 is 27.9 Å². The van der Waals surface area contributed by atoms with Gasteiger partial charge < -0.3 is 10.1 Å². The molecular weight excluding hydrogens is 347 g/mol. The number of halogens is 3. The molecule has 2 N–H and O–H groups in total. The number of aromatic nitrogens is 1. The number of hydrogen-bond donors (Lipinski definition) is 2. The fraction of sp³-hybridized carbons (Fsp3) is 0.158. The zero-order chi connectivity index (χ0) is 18.9. The predicted molar refractivity (Wildman–Crippen MR) is 89.1 cm³/mol. The first-order chi connectivity index (χ1) is 12.3. The summed E-state index contributed by atoms with van der Waals surface area (Å²) in [5.74, 6) is -2.80. The summed E-state index contributed by atoms with van der Waals surface area (Å²) in [7, 11) is 0. The van der Waals surface area contributed by atoms with Crippen LogP contribution in [0.3, 0.4) is 0 Å². The van der Waals surface area contributed by atoms with Gasteiger partial charge in [0, 0.05) is 29.1 Å². The third-order valence-corrected chi connectivity index (χ3v) is 4.22. The first kappa shape index (κ1) is 17.7. The monoisotopic (exact) mass is 361 g/mol. The molecule has 0 bridgehead atoms. The number of H-pyrrole nitrogens is 1. The molecule has 0 aliphatic carbocycles. The van der Waals surface area contributed by atoms with E-state index in [2.05, 4.69) is 4.98 Å². The second kappa shape index (κ2) is 6.67. The van der Waals surface area contributed by atoms with Gasteiger partial charge in [0.1, 0.15) is 0 Å². The zero-order valence-corrected chi connectivity index (χ0v) is 13.4. The molecule has 0 spiro atoms. The first-order valence-corrected chi connectivity index (χ1v) is 7.76. The Morgan fingerprint density at radius 3 is 2.31 bits per heavy atom. The normalized spacial score (nSPS) is 12.9. The lowest BCUT2D eigenvalue weighted by molar-refractivity contribution is -0.139. The van der Waals surface area contributed by atoms with Gasteiger partial charge in [-0.1, -0.05) is 30.3 Å². The van der Waals surface area contributed by atoms with E-state index < -0.39 is 29.4 Å². The van der Waals surface area contributed by atoms with Gasteiger partial charge in [0.05, 0.1) is 11.5 Å². The molecule has 0 radical (unpaired) electrons. The maximum absolute atomic E-state index is 12.6. The number of benzene rings is 2. The lowest BCUT2D eigenvalue weighted by Crippen LogP contribution is -2.16. The Kier molecular flexibility index (Phi) is 4.54. The Hall–Kier alpha value is -3.09. The van der Waals surface area contributed by atoms with Gasteiger partial charge in [-0.15, -0.1) is 0 Å². The van der Waals surface area contributed by atoms with E-state index in [9.17, 15) is 27.9 Å².